The predicted molar refractivity (Wildman–Crippen MR) is 89.1 cm³/mol. The summed E-state index contributed by atoms with van der Waals surface area (Å²) >= 11 is 0. The first-order valence-corrected chi connectivity index (χ1v) is 8.11. The largest absolute Gasteiger partial charge is 0.398 e. The second kappa shape index (κ2) is 6.75. The molecule has 3 N–H and O–H groups in total. The quantitative estimate of drug-likeness (QED) is 0.875. The smallest absolute Gasteiger partial charge is 0.0542 e. The minimum absolute atomic E-state index is 0.116. The number of likely N-dealkylation sites (N-methyl/N-ethyl adjacent to an activating group) is 2. The zero-order valence-corrected chi connectivity index (χ0v) is 13.9. The molecule has 0 aliphatic heterocycles. The van der Waals surface area contributed by atoms with Crippen LogP contribution in [0, 0.1) is 5.92 Å². The van der Waals surface area contributed by atoms with Crippen LogP contribution in [0.3, 0.4) is 0 Å². The average molecular weight is 290 g/mol. The Balaban J connectivity index is 2.44. The highest BCUT2D eigenvalue weighted by atomic mass is 15.2. The normalized spacial score (nSPS) is 27.8. The summed E-state index contributed by atoms with van der Waals surface area (Å²) in [6.45, 7) is 5.46. The van der Waals surface area contributed by atoms with Gasteiger partial charge in [-0.3, -0.25) is 4.98 Å². The number of rotatable bonds is 5. The van der Waals surface area contributed by atoms with Gasteiger partial charge in [-0.25, -0.2) is 0 Å². The Morgan fingerprint density at radius 3 is 2.86 bits per heavy atom. The lowest BCUT2D eigenvalue weighted by molar-refractivity contribution is 0.0373. The fourth-order valence-electron chi connectivity index (χ4n) is 3.94. The van der Waals surface area contributed by atoms with Gasteiger partial charge >= 0.3 is 0 Å². The minimum Gasteiger partial charge on any atom is -0.398 e. The first-order chi connectivity index (χ1) is 10.0. The third-order valence-electron chi connectivity index (χ3n) is 5.04. The number of hydrogen-bond acceptors (Lipinski definition) is 4. The van der Waals surface area contributed by atoms with Crippen molar-refractivity contribution in [3.05, 3.63) is 24.0 Å². The molecule has 1 aromatic rings. The number of pyridine rings is 1. The zero-order chi connectivity index (χ0) is 15.5. The van der Waals surface area contributed by atoms with E-state index in [2.05, 4.69) is 43.1 Å². The van der Waals surface area contributed by atoms with E-state index in [0.29, 0.717) is 0 Å². The van der Waals surface area contributed by atoms with E-state index in [1.54, 1.807) is 6.20 Å². The molecule has 21 heavy (non-hydrogen) atoms. The van der Waals surface area contributed by atoms with E-state index in [0.717, 1.165) is 23.7 Å². The van der Waals surface area contributed by atoms with Gasteiger partial charge in [-0.05, 0) is 45.5 Å². The SMILES string of the molecule is CCNC(c1cnccc1N)C1(N(C)C)CCCC(C)C1. The summed E-state index contributed by atoms with van der Waals surface area (Å²) in [5.74, 6) is 0.750. The van der Waals surface area contributed by atoms with E-state index < -0.39 is 0 Å². The van der Waals surface area contributed by atoms with Crippen LogP contribution in [-0.2, 0) is 0 Å². The van der Waals surface area contributed by atoms with Crippen molar-refractivity contribution >= 4 is 5.69 Å². The highest BCUT2D eigenvalue weighted by molar-refractivity contribution is 5.47. The second-order valence-electron chi connectivity index (χ2n) is 6.69. The molecule has 4 heteroatoms. The summed E-state index contributed by atoms with van der Waals surface area (Å²) in [6, 6.07) is 2.14. The lowest BCUT2D eigenvalue weighted by Crippen LogP contribution is -2.56. The molecule has 3 unspecified atom stereocenters. The van der Waals surface area contributed by atoms with Crippen LogP contribution in [0.4, 0.5) is 5.69 Å². The summed E-state index contributed by atoms with van der Waals surface area (Å²) in [4.78, 5) is 6.72. The van der Waals surface area contributed by atoms with Gasteiger partial charge < -0.3 is 16.0 Å². The Hall–Kier alpha value is -1.13. The Morgan fingerprint density at radius 1 is 1.52 bits per heavy atom. The molecule has 1 aliphatic carbocycles. The van der Waals surface area contributed by atoms with Crippen LogP contribution in [0.15, 0.2) is 18.5 Å². The van der Waals surface area contributed by atoms with Crippen LogP contribution in [0.1, 0.15) is 51.1 Å². The molecular formula is C17H30N4. The third kappa shape index (κ3) is 3.22. The predicted octanol–water partition coefficient (Wildman–Crippen LogP) is 2.82. The molecule has 0 amide bonds. The minimum atomic E-state index is 0.116. The maximum absolute atomic E-state index is 6.25. The van der Waals surface area contributed by atoms with Crippen molar-refractivity contribution in [2.45, 2.75) is 51.1 Å². The topological polar surface area (TPSA) is 54.2 Å². The molecule has 0 spiro atoms. The Labute approximate surface area is 129 Å². The summed E-state index contributed by atoms with van der Waals surface area (Å²) < 4.78 is 0. The molecule has 118 valence electrons. The van der Waals surface area contributed by atoms with E-state index >= 15 is 0 Å². The van der Waals surface area contributed by atoms with Crippen LogP contribution >= 0.6 is 0 Å². The van der Waals surface area contributed by atoms with Gasteiger partial charge in [0.25, 0.3) is 0 Å². The van der Waals surface area contributed by atoms with Crippen LogP contribution in [0.5, 0.6) is 0 Å². The molecule has 1 fully saturated rings. The number of nitrogen functional groups attached to an aromatic ring is 1. The van der Waals surface area contributed by atoms with Gasteiger partial charge in [0.05, 0.1) is 6.04 Å². The van der Waals surface area contributed by atoms with Crippen molar-refractivity contribution in [3.63, 3.8) is 0 Å². The maximum Gasteiger partial charge on any atom is 0.0542 e. The van der Waals surface area contributed by atoms with Crippen LogP contribution in [-0.4, -0.2) is 36.1 Å². The lowest BCUT2D eigenvalue weighted by Gasteiger charge is -2.50. The van der Waals surface area contributed by atoms with Gasteiger partial charge in [0.1, 0.15) is 0 Å². The molecule has 0 bridgehead atoms. The van der Waals surface area contributed by atoms with Crippen molar-refractivity contribution in [3.8, 4) is 0 Å². The number of nitrogens with zero attached hydrogens (tertiary/aromatic N) is 2. The van der Waals surface area contributed by atoms with Crippen LogP contribution in [0.25, 0.3) is 0 Å². The van der Waals surface area contributed by atoms with Crippen molar-refractivity contribution in [1.29, 1.82) is 0 Å². The maximum atomic E-state index is 6.25. The van der Waals surface area contributed by atoms with E-state index in [1.165, 1.54) is 25.7 Å². The third-order valence-corrected chi connectivity index (χ3v) is 5.04. The van der Waals surface area contributed by atoms with Crippen molar-refractivity contribution in [1.82, 2.24) is 15.2 Å². The summed E-state index contributed by atoms with van der Waals surface area (Å²) in [6.07, 6.45) is 8.72. The number of nitrogens with two attached hydrogens (primary N) is 1. The molecule has 0 radical (unpaired) electrons. The molecule has 1 aromatic heterocycles. The molecule has 0 saturated heterocycles. The number of nitrogens with one attached hydrogen (secondary N) is 1. The lowest BCUT2D eigenvalue weighted by atomic mass is 9.69. The van der Waals surface area contributed by atoms with Crippen molar-refractivity contribution < 1.29 is 0 Å². The standard InChI is InChI=1S/C17H30N4/c1-5-20-16(14-12-19-10-8-15(14)18)17(21(3)4)9-6-7-13(2)11-17/h8,10,12-13,16,20H,5-7,9,11H2,1-4H3,(H2,18,19). The monoisotopic (exact) mass is 290 g/mol. The number of aromatic nitrogens is 1. The molecule has 1 saturated carbocycles. The Morgan fingerprint density at radius 2 is 2.29 bits per heavy atom. The van der Waals surface area contributed by atoms with Gasteiger partial charge in [0.2, 0.25) is 0 Å². The van der Waals surface area contributed by atoms with Gasteiger partial charge in [-0.2, -0.15) is 0 Å². The van der Waals surface area contributed by atoms with E-state index in [4.69, 9.17) is 5.73 Å². The Bertz CT molecular complexity index is 460. The van der Waals surface area contributed by atoms with E-state index in [-0.39, 0.29) is 11.6 Å². The highest BCUT2D eigenvalue weighted by Crippen LogP contribution is 2.44. The van der Waals surface area contributed by atoms with Crippen LogP contribution in [0.2, 0.25) is 0 Å². The number of hydrogen-bond donors (Lipinski definition) is 2. The van der Waals surface area contributed by atoms with E-state index in [1.807, 2.05) is 12.3 Å². The second-order valence-corrected chi connectivity index (χ2v) is 6.69. The van der Waals surface area contributed by atoms with E-state index in [9.17, 15) is 0 Å². The van der Waals surface area contributed by atoms with Crippen molar-refractivity contribution in [2.24, 2.45) is 5.92 Å². The van der Waals surface area contributed by atoms with Crippen LogP contribution < -0.4 is 11.1 Å². The van der Waals surface area contributed by atoms with Gasteiger partial charge in [0, 0.05) is 29.2 Å². The fraction of sp³-hybridized carbons (Fsp3) is 0.706. The molecule has 1 aliphatic rings. The molecule has 4 nitrogen and oxygen atoms in total. The fourth-order valence-corrected chi connectivity index (χ4v) is 3.94. The zero-order valence-electron chi connectivity index (χ0n) is 13.9. The average Bonchev–Trinajstić information content (AvgIpc) is 2.45. The molecule has 3 atom stereocenters. The summed E-state index contributed by atoms with van der Waals surface area (Å²) in [5.41, 5.74) is 8.35. The van der Waals surface area contributed by atoms with Crippen molar-refractivity contribution in [2.75, 3.05) is 26.4 Å². The molecular weight excluding hydrogens is 260 g/mol. The number of anilines is 1. The molecule has 2 rings (SSSR count). The van der Waals surface area contributed by atoms with Gasteiger partial charge in [-0.1, -0.05) is 26.7 Å². The molecule has 1 heterocycles. The Kier molecular flexibility index (Phi) is 5.22. The first-order valence-electron chi connectivity index (χ1n) is 8.11. The summed E-state index contributed by atoms with van der Waals surface area (Å²) in [7, 11) is 4.41. The first kappa shape index (κ1) is 16.2. The highest BCUT2D eigenvalue weighted by Gasteiger charge is 2.44. The van der Waals surface area contributed by atoms with Gasteiger partial charge in [0.15, 0.2) is 0 Å². The van der Waals surface area contributed by atoms with Gasteiger partial charge in [-0.15, -0.1) is 0 Å². The summed E-state index contributed by atoms with van der Waals surface area (Å²) in [5, 5.41) is 3.69. The molecule has 0 aromatic carbocycles.